The summed E-state index contributed by atoms with van der Waals surface area (Å²) in [7, 11) is 0. The van der Waals surface area contributed by atoms with Gasteiger partial charge in [-0.2, -0.15) is 5.21 Å². The van der Waals surface area contributed by atoms with Crippen LogP contribution in [0, 0.1) is 0 Å². The number of nitrogens with one attached hydrogen (secondary N) is 1. The van der Waals surface area contributed by atoms with E-state index in [9.17, 15) is 9.90 Å². The van der Waals surface area contributed by atoms with Gasteiger partial charge in [-0.3, -0.25) is 0 Å². The van der Waals surface area contributed by atoms with Crippen LogP contribution in [0.25, 0.3) is 33.4 Å². The van der Waals surface area contributed by atoms with Crippen LogP contribution in [0.5, 0.6) is 0 Å². The number of aromatic amines is 1. The summed E-state index contributed by atoms with van der Waals surface area (Å²) in [4.78, 5) is 11.9. The van der Waals surface area contributed by atoms with Crippen LogP contribution in [-0.2, 0) is 13.0 Å². The van der Waals surface area contributed by atoms with E-state index in [0.717, 1.165) is 45.3 Å². The Bertz CT molecular complexity index is 1410. The van der Waals surface area contributed by atoms with E-state index in [0.29, 0.717) is 17.9 Å². The number of rotatable bonds is 6. The number of fused-ring (bicyclic) bond motifs is 1. The van der Waals surface area contributed by atoms with E-state index in [2.05, 4.69) is 56.4 Å². The number of benzene rings is 3. The van der Waals surface area contributed by atoms with Gasteiger partial charge in [-0.05, 0) is 46.5 Å². The largest absolute Gasteiger partial charge is 0.478 e. The van der Waals surface area contributed by atoms with Crippen LogP contribution < -0.4 is 0 Å². The Hall–Kier alpha value is -4.26. The number of aryl methyl sites for hydroxylation is 1. The van der Waals surface area contributed by atoms with Crippen molar-refractivity contribution in [1.29, 1.82) is 0 Å². The first-order valence-electron chi connectivity index (χ1n) is 10.4. The molecular formula is C25H21N5O2. The van der Waals surface area contributed by atoms with E-state index in [1.54, 1.807) is 12.1 Å². The fourth-order valence-corrected chi connectivity index (χ4v) is 4.23. The van der Waals surface area contributed by atoms with E-state index in [-0.39, 0.29) is 0 Å². The fraction of sp³-hybridized carbons (Fsp3) is 0.120. The molecule has 0 amide bonds. The number of para-hydroxylation sites is 1. The van der Waals surface area contributed by atoms with Gasteiger partial charge in [-0.1, -0.05) is 61.5 Å². The summed E-state index contributed by atoms with van der Waals surface area (Å²) < 4.78 is 2.09. The number of H-pyrrole nitrogens is 1. The Morgan fingerprint density at radius 1 is 1.00 bits per heavy atom. The first-order valence-corrected chi connectivity index (χ1v) is 10.4. The minimum absolute atomic E-state index is 0.307. The monoisotopic (exact) mass is 423 g/mol. The topological polar surface area (TPSA) is 96.7 Å². The predicted octanol–water partition coefficient (Wildman–Crippen LogP) is 4.80. The van der Waals surface area contributed by atoms with Crippen molar-refractivity contribution in [2.24, 2.45) is 0 Å². The number of carboxylic acids is 1. The molecule has 3 aromatic carbocycles. The van der Waals surface area contributed by atoms with Gasteiger partial charge in [0.1, 0.15) is 0 Å². The van der Waals surface area contributed by atoms with E-state index in [4.69, 9.17) is 0 Å². The molecule has 0 fully saturated rings. The molecule has 0 aliphatic rings. The summed E-state index contributed by atoms with van der Waals surface area (Å²) in [5, 5.41) is 25.3. The molecule has 0 bridgehead atoms. The molecule has 0 saturated heterocycles. The molecule has 5 aromatic rings. The number of hydrogen-bond acceptors (Lipinski definition) is 4. The van der Waals surface area contributed by atoms with E-state index in [1.807, 2.05) is 36.4 Å². The maximum Gasteiger partial charge on any atom is 0.337 e. The first kappa shape index (κ1) is 19.7. The zero-order chi connectivity index (χ0) is 22.1. The van der Waals surface area contributed by atoms with Crippen molar-refractivity contribution >= 4 is 16.9 Å². The van der Waals surface area contributed by atoms with Crippen molar-refractivity contribution < 1.29 is 9.90 Å². The fourth-order valence-electron chi connectivity index (χ4n) is 4.23. The molecule has 158 valence electrons. The van der Waals surface area contributed by atoms with E-state index in [1.165, 1.54) is 0 Å². The highest BCUT2D eigenvalue weighted by Gasteiger charge is 2.17. The number of carbonyl (C=O) groups is 1. The lowest BCUT2D eigenvalue weighted by molar-refractivity contribution is 0.0698. The van der Waals surface area contributed by atoms with Crippen LogP contribution in [0.15, 0.2) is 72.8 Å². The van der Waals surface area contributed by atoms with Crippen LogP contribution >= 0.6 is 0 Å². The van der Waals surface area contributed by atoms with Gasteiger partial charge >= 0.3 is 5.97 Å². The molecule has 0 atom stereocenters. The second-order valence-corrected chi connectivity index (χ2v) is 7.61. The molecule has 0 spiro atoms. The predicted molar refractivity (Wildman–Crippen MR) is 122 cm³/mol. The molecule has 32 heavy (non-hydrogen) atoms. The van der Waals surface area contributed by atoms with Gasteiger partial charge in [-0.15, -0.1) is 10.2 Å². The SMILES string of the molecule is CCc1cc2cccc(C(=O)O)c2n1Cc1ccc(-c2ccccc2)c(-c2nn[nH]n2)c1. The van der Waals surface area contributed by atoms with Crippen molar-refractivity contribution in [1.82, 2.24) is 25.2 Å². The smallest absolute Gasteiger partial charge is 0.337 e. The molecule has 0 unspecified atom stereocenters. The summed E-state index contributed by atoms with van der Waals surface area (Å²) in [6, 6.07) is 23.7. The number of nitrogens with zero attached hydrogens (tertiary/aromatic N) is 4. The summed E-state index contributed by atoms with van der Waals surface area (Å²) in [5.41, 5.74) is 6.10. The Labute approximate surface area is 184 Å². The third-order valence-electron chi connectivity index (χ3n) is 5.69. The van der Waals surface area contributed by atoms with Crippen molar-refractivity contribution in [3.63, 3.8) is 0 Å². The van der Waals surface area contributed by atoms with Crippen LogP contribution in [0.2, 0.25) is 0 Å². The standard InChI is InChI=1S/C25H21N5O2/c1-2-19-14-18-9-6-10-21(25(31)32)23(18)30(19)15-16-11-12-20(17-7-4-3-5-8-17)22(13-16)24-26-28-29-27-24/h3-14H,2,15H2,1H3,(H,31,32)(H,26,27,28,29). The molecule has 0 aliphatic heterocycles. The van der Waals surface area contributed by atoms with Crippen LogP contribution in [-0.4, -0.2) is 36.3 Å². The summed E-state index contributed by atoms with van der Waals surface area (Å²) in [6.07, 6.45) is 0.799. The Morgan fingerprint density at radius 3 is 2.56 bits per heavy atom. The zero-order valence-electron chi connectivity index (χ0n) is 17.5. The second-order valence-electron chi connectivity index (χ2n) is 7.61. The number of hydrogen-bond donors (Lipinski definition) is 2. The lowest BCUT2D eigenvalue weighted by Gasteiger charge is -2.14. The first-order chi connectivity index (χ1) is 15.7. The van der Waals surface area contributed by atoms with Gasteiger partial charge in [0.15, 0.2) is 0 Å². The van der Waals surface area contributed by atoms with Crippen molar-refractivity contribution in [2.45, 2.75) is 19.9 Å². The Kier molecular flexibility index (Phi) is 4.99. The zero-order valence-corrected chi connectivity index (χ0v) is 17.5. The molecule has 0 radical (unpaired) electrons. The van der Waals surface area contributed by atoms with Gasteiger partial charge in [0.05, 0.1) is 11.1 Å². The van der Waals surface area contributed by atoms with E-state index >= 15 is 0 Å². The Balaban J connectivity index is 1.65. The molecule has 5 rings (SSSR count). The van der Waals surface area contributed by atoms with Gasteiger partial charge in [0.25, 0.3) is 0 Å². The van der Waals surface area contributed by atoms with Crippen molar-refractivity contribution in [2.75, 3.05) is 0 Å². The van der Waals surface area contributed by atoms with Gasteiger partial charge in [-0.25, -0.2) is 4.79 Å². The molecule has 2 heterocycles. The number of aromatic nitrogens is 5. The number of carboxylic acid groups (broad SMARTS) is 1. The third kappa shape index (κ3) is 3.43. The third-order valence-corrected chi connectivity index (χ3v) is 5.69. The minimum Gasteiger partial charge on any atom is -0.478 e. The van der Waals surface area contributed by atoms with E-state index < -0.39 is 5.97 Å². The van der Waals surface area contributed by atoms with Crippen LogP contribution in [0.1, 0.15) is 28.5 Å². The quantitative estimate of drug-likeness (QED) is 0.409. The maximum absolute atomic E-state index is 11.9. The number of tetrazole rings is 1. The van der Waals surface area contributed by atoms with Crippen LogP contribution in [0.4, 0.5) is 0 Å². The summed E-state index contributed by atoms with van der Waals surface area (Å²) >= 11 is 0. The molecule has 0 saturated carbocycles. The van der Waals surface area contributed by atoms with Crippen LogP contribution in [0.3, 0.4) is 0 Å². The molecular weight excluding hydrogens is 402 g/mol. The second kappa shape index (κ2) is 8.11. The summed E-state index contributed by atoms with van der Waals surface area (Å²) in [6.45, 7) is 2.62. The number of aromatic carboxylic acids is 1. The highest BCUT2D eigenvalue weighted by molar-refractivity contribution is 6.02. The normalized spacial score (nSPS) is 11.2. The lowest BCUT2D eigenvalue weighted by atomic mass is 9.97. The van der Waals surface area contributed by atoms with Gasteiger partial charge in [0.2, 0.25) is 5.82 Å². The summed E-state index contributed by atoms with van der Waals surface area (Å²) in [5.74, 6) is -0.408. The molecule has 2 aromatic heterocycles. The highest BCUT2D eigenvalue weighted by Crippen LogP contribution is 2.32. The molecule has 0 aliphatic carbocycles. The molecule has 2 N–H and O–H groups in total. The molecule has 7 heteroatoms. The minimum atomic E-state index is -0.926. The average molecular weight is 423 g/mol. The Morgan fingerprint density at radius 2 is 1.84 bits per heavy atom. The molecule has 7 nitrogen and oxygen atoms in total. The van der Waals surface area contributed by atoms with Crippen molar-refractivity contribution in [3.8, 4) is 22.5 Å². The van der Waals surface area contributed by atoms with Gasteiger partial charge in [0, 0.05) is 23.2 Å². The lowest BCUT2D eigenvalue weighted by Crippen LogP contribution is -2.08. The average Bonchev–Trinajstić information content (AvgIpc) is 3.48. The maximum atomic E-state index is 11.9. The van der Waals surface area contributed by atoms with Crippen molar-refractivity contribution in [3.05, 3.63) is 89.6 Å². The van der Waals surface area contributed by atoms with Gasteiger partial charge < -0.3 is 9.67 Å². The highest BCUT2D eigenvalue weighted by atomic mass is 16.4.